The van der Waals surface area contributed by atoms with Gasteiger partial charge in [-0.25, -0.2) is 4.99 Å². The van der Waals surface area contributed by atoms with Gasteiger partial charge >= 0.3 is 0 Å². The van der Waals surface area contributed by atoms with Gasteiger partial charge in [0, 0.05) is 26.1 Å². The lowest BCUT2D eigenvalue weighted by molar-refractivity contribution is 0.245. The van der Waals surface area contributed by atoms with Gasteiger partial charge in [0.1, 0.15) is 12.4 Å². The summed E-state index contributed by atoms with van der Waals surface area (Å²) in [5.74, 6) is 2.95. The summed E-state index contributed by atoms with van der Waals surface area (Å²) < 4.78 is 2.27. The lowest BCUT2D eigenvalue weighted by Crippen LogP contribution is -2.42. The van der Waals surface area contributed by atoms with Crippen LogP contribution >= 0.6 is 0 Å². The molecule has 0 saturated carbocycles. The molecule has 7 nitrogen and oxygen atoms in total. The number of guanidine groups is 1. The molecular formula is C23H35N7. The monoisotopic (exact) mass is 409 g/mol. The van der Waals surface area contributed by atoms with Crippen LogP contribution in [0, 0.1) is 0 Å². The Bertz CT molecular complexity index is 808. The molecule has 3 heterocycles. The summed E-state index contributed by atoms with van der Waals surface area (Å²) in [5, 5.41) is 15.8. The average Bonchev–Trinajstić information content (AvgIpc) is 3.38. The lowest BCUT2D eigenvalue weighted by atomic mass is 10.1. The minimum Gasteiger partial charge on any atom is -0.357 e. The molecule has 2 N–H and O–H groups in total. The number of nitrogens with zero attached hydrogens (tertiary/aromatic N) is 5. The molecule has 1 aromatic carbocycles. The molecule has 4 rings (SSSR count). The van der Waals surface area contributed by atoms with Gasteiger partial charge in [0.25, 0.3) is 0 Å². The van der Waals surface area contributed by atoms with Gasteiger partial charge in [-0.1, -0.05) is 36.8 Å². The highest BCUT2D eigenvalue weighted by Crippen LogP contribution is 2.24. The molecule has 2 aliphatic heterocycles. The molecule has 1 atom stereocenters. The summed E-state index contributed by atoms with van der Waals surface area (Å²) in [7, 11) is 0. The summed E-state index contributed by atoms with van der Waals surface area (Å²) in [6.45, 7) is 7.69. The first-order valence-electron chi connectivity index (χ1n) is 11.6. The molecule has 0 radical (unpaired) electrons. The highest BCUT2D eigenvalue weighted by Gasteiger charge is 2.23. The maximum absolute atomic E-state index is 4.84. The van der Waals surface area contributed by atoms with Crippen LogP contribution in [0.5, 0.6) is 0 Å². The Morgan fingerprint density at radius 2 is 1.80 bits per heavy atom. The van der Waals surface area contributed by atoms with Crippen molar-refractivity contribution in [2.45, 2.75) is 64.6 Å². The summed E-state index contributed by atoms with van der Waals surface area (Å²) >= 11 is 0. The Morgan fingerprint density at radius 3 is 2.60 bits per heavy atom. The molecule has 2 aliphatic rings. The molecular weight excluding hydrogens is 374 g/mol. The minimum absolute atomic E-state index is 0.363. The van der Waals surface area contributed by atoms with Crippen LogP contribution in [-0.2, 0) is 19.5 Å². The number of nitrogens with one attached hydrogen (secondary N) is 2. The Hall–Kier alpha value is -2.41. The maximum atomic E-state index is 4.84. The first kappa shape index (κ1) is 20.8. The van der Waals surface area contributed by atoms with E-state index < -0.39 is 0 Å². The number of hydrogen-bond donors (Lipinski definition) is 2. The van der Waals surface area contributed by atoms with E-state index in [0.29, 0.717) is 12.6 Å². The first-order chi connectivity index (χ1) is 14.8. The summed E-state index contributed by atoms with van der Waals surface area (Å²) in [4.78, 5) is 7.43. The fraction of sp³-hybridized carbons (Fsp3) is 0.609. The van der Waals surface area contributed by atoms with Gasteiger partial charge < -0.3 is 15.2 Å². The summed E-state index contributed by atoms with van der Waals surface area (Å²) in [6.07, 6.45) is 7.29. The van der Waals surface area contributed by atoms with Crippen LogP contribution in [0.15, 0.2) is 35.3 Å². The summed E-state index contributed by atoms with van der Waals surface area (Å²) in [6, 6.07) is 11.2. The topological polar surface area (TPSA) is 70.4 Å². The molecule has 0 spiro atoms. The molecule has 0 amide bonds. The van der Waals surface area contributed by atoms with E-state index in [1.54, 1.807) is 0 Å². The molecule has 1 aromatic heterocycles. The van der Waals surface area contributed by atoms with Gasteiger partial charge in [-0.2, -0.15) is 0 Å². The van der Waals surface area contributed by atoms with Crippen molar-refractivity contribution in [2.24, 2.45) is 4.99 Å². The minimum atomic E-state index is 0.363. The van der Waals surface area contributed by atoms with Gasteiger partial charge in [-0.05, 0) is 51.3 Å². The van der Waals surface area contributed by atoms with E-state index in [1.807, 2.05) is 0 Å². The fourth-order valence-corrected chi connectivity index (χ4v) is 4.53. The molecule has 0 bridgehead atoms. The van der Waals surface area contributed by atoms with Gasteiger partial charge in [-0.15, -0.1) is 10.2 Å². The first-order valence-corrected chi connectivity index (χ1v) is 11.6. The van der Waals surface area contributed by atoms with E-state index in [9.17, 15) is 0 Å². The van der Waals surface area contributed by atoms with Crippen LogP contribution in [0.3, 0.4) is 0 Å². The quantitative estimate of drug-likeness (QED) is 0.544. The Labute approximate surface area is 180 Å². The van der Waals surface area contributed by atoms with Crippen LogP contribution < -0.4 is 10.6 Å². The van der Waals surface area contributed by atoms with Crippen molar-refractivity contribution in [3.8, 4) is 0 Å². The highest BCUT2D eigenvalue weighted by molar-refractivity contribution is 5.79. The zero-order chi connectivity index (χ0) is 20.6. The van der Waals surface area contributed by atoms with Crippen LogP contribution in [0.2, 0.25) is 0 Å². The number of likely N-dealkylation sites (tertiary alicyclic amines) is 1. The second kappa shape index (κ2) is 10.6. The van der Waals surface area contributed by atoms with E-state index in [0.717, 1.165) is 43.7 Å². The van der Waals surface area contributed by atoms with E-state index in [4.69, 9.17) is 4.99 Å². The maximum Gasteiger partial charge on any atom is 0.191 e. The zero-order valence-corrected chi connectivity index (χ0v) is 18.2. The van der Waals surface area contributed by atoms with Crippen molar-refractivity contribution in [1.82, 2.24) is 30.3 Å². The molecule has 30 heavy (non-hydrogen) atoms. The Balaban J connectivity index is 1.44. The van der Waals surface area contributed by atoms with Crippen molar-refractivity contribution < 1.29 is 0 Å². The standard InChI is InChI=1S/C23H35N7/c1-2-24-23(26-18-22-28-27-21-13-7-4-8-16-30(21)22)25-17-20(29-14-9-10-15-29)19-11-5-3-6-12-19/h3,5-6,11-12,20H,2,4,7-10,13-18H2,1H3,(H2,24,25,26). The average molecular weight is 410 g/mol. The SMILES string of the molecule is CCNC(=NCc1nnc2n1CCCCC2)NCC(c1ccccc1)N1CCCC1. The van der Waals surface area contributed by atoms with Gasteiger partial charge in [0.2, 0.25) is 0 Å². The molecule has 1 saturated heterocycles. The number of aromatic nitrogens is 3. The van der Waals surface area contributed by atoms with E-state index in [2.05, 4.69) is 67.6 Å². The molecule has 162 valence electrons. The van der Waals surface area contributed by atoms with Crippen LogP contribution in [0.25, 0.3) is 0 Å². The van der Waals surface area contributed by atoms with Crippen molar-refractivity contribution in [3.05, 3.63) is 47.5 Å². The molecule has 2 aromatic rings. The van der Waals surface area contributed by atoms with Crippen molar-refractivity contribution in [3.63, 3.8) is 0 Å². The molecule has 0 aliphatic carbocycles. The second-order valence-corrected chi connectivity index (χ2v) is 8.24. The largest absolute Gasteiger partial charge is 0.357 e. The fourth-order valence-electron chi connectivity index (χ4n) is 4.53. The molecule has 1 fully saturated rings. The predicted molar refractivity (Wildman–Crippen MR) is 120 cm³/mol. The number of hydrogen-bond acceptors (Lipinski definition) is 4. The molecule has 1 unspecified atom stereocenters. The Kier molecular flexibility index (Phi) is 7.34. The Morgan fingerprint density at radius 1 is 1.00 bits per heavy atom. The van der Waals surface area contributed by atoms with E-state index in [1.165, 1.54) is 50.8 Å². The third-order valence-corrected chi connectivity index (χ3v) is 6.14. The number of benzene rings is 1. The smallest absolute Gasteiger partial charge is 0.191 e. The summed E-state index contributed by atoms with van der Waals surface area (Å²) in [5.41, 5.74) is 1.37. The normalized spacial score (nSPS) is 18.6. The van der Waals surface area contributed by atoms with Crippen molar-refractivity contribution in [2.75, 3.05) is 26.2 Å². The van der Waals surface area contributed by atoms with E-state index >= 15 is 0 Å². The predicted octanol–water partition coefficient (Wildman–Crippen LogP) is 2.90. The van der Waals surface area contributed by atoms with Gasteiger partial charge in [0.15, 0.2) is 11.8 Å². The van der Waals surface area contributed by atoms with Gasteiger partial charge in [-0.3, -0.25) is 4.90 Å². The third-order valence-electron chi connectivity index (χ3n) is 6.14. The highest BCUT2D eigenvalue weighted by atomic mass is 15.3. The van der Waals surface area contributed by atoms with Crippen LogP contribution in [0.4, 0.5) is 0 Å². The zero-order valence-electron chi connectivity index (χ0n) is 18.2. The van der Waals surface area contributed by atoms with Crippen molar-refractivity contribution in [1.29, 1.82) is 0 Å². The third kappa shape index (κ3) is 5.19. The number of rotatable bonds is 7. The lowest BCUT2D eigenvalue weighted by Gasteiger charge is -2.29. The van der Waals surface area contributed by atoms with Gasteiger partial charge in [0.05, 0.1) is 6.04 Å². The second-order valence-electron chi connectivity index (χ2n) is 8.24. The van der Waals surface area contributed by atoms with Crippen LogP contribution in [-0.4, -0.2) is 51.8 Å². The number of aliphatic imine (C=N–C) groups is 1. The number of fused-ring (bicyclic) bond motifs is 1. The van der Waals surface area contributed by atoms with E-state index in [-0.39, 0.29) is 0 Å². The van der Waals surface area contributed by atoms with Crippen LogP contribution in [0.1, 0.15) is 62.3 Å². The molecule has 7 heteroatoms. The van der Waals surface area contributed by atoms with Crippen molar-refractivity contribution >= 4 is 5.96 Å². The number of aryl methyl sites for hydroxylation is 1.